The molecule has 0 saturated heterocycles. The fourth-order valence-electron chi connectivity index (χ4n) is 6.99. The normalized spacial score (nSPS) is 12.5. The van der Waals surface area contributed by atoms with Gasteiger partial charge >= 0.3 is 0 Å². The van der Waals surface area contributed by atoms with Gasteiger partial charge in [-0.25, -0.2) is 4.98 Å². The van der Waals surface area contributed by atoms with Gasteiger partial charge < -0.3 is 8.98 Å². The number of hydrogen-bond donors (Lipinski definition) is 0. The first-order valence-electron chi connectivity index (χ1n) is 15.9. The molecule has 0 spiro atoms. The van der Waals surface area contributed by atoms with Crippen molar-refractivity contribution in [1.82, 2.24) is 9.55 Å². The van der Waals surface area contributed by atoms with Gasteiger partial charge in [0.2, 0.25) is 5.89 Å². The molecule has 0 fully saturated rings. The maximum Gasteiger partial charge on any atom is 0.227 e. The van der Waals surface area contributed by atoms with Crippen molar-refractivity contribution >= 4 is 28.1 Å². The largest absolute Gasteiger partial charge is 0.436 e. The topological polar surface area (TPSA) is 31.0 Å². The van der Waals surface area contributed by atoms with Crippen molar-refractivity contribution in [3.63, 3.8) is 0 Å². The van der Waals surface area contributed by atoms with Gasteiger partial charge in [-0.05, 0) is 94.8 Å². The first-order chi connectivity index (χ1) is 22.8. The number of rotatable bonds is 5. The zero-order valence-corrected chi connectivity index (χ0v) is 25.2. The standard InChI is InChI=1S/C43H30N2O/c1-2-12-32(13-3-1)45-40-20-10-8-18-37(40)38-28-31(26-27-41(38)45)34-15-5-7-17-36(34)35-16-6-4-14-33(35)29-22-24-30(25-23-29)43-44-39-19-9-11-21-42(39)46-43/h1-9,11-19,21-28H,10,20H2. The average molecular weight is 591 g/mol. The monoisotopic (exact) mass is 590 g/mol. The van der Waals surface area contributed by atoms with E-state index in [1.807, 2.05) is 24.3 Å². The summed E-state index contributed by atoms with van der Waals surface area (Å²) in [5.74, 6) is 0.639. The van der Waals surface area contributed by atoms with Gasteiger partial charge in [0.05, 0.1) is 5.52 Å². The summed E-state index contributed by atoms with van der Waals surface area (Å²) in [6, 6.07) is 51.6. The van der Waals surface area contributed by atoms with Crippen LogP contribution in [-0.4, -0.2) is 9.55 Å². The van der Waals surface area contributed by atoms with E-state index in [2.05, 4.69) is 138 Å². The first-order valence-corrected chi connectivity index (χ1v) is 15.9. The molecular formula is C43H30N2O. The summed E-state index contributed by atoms with van der Waals surface area (Å²) in [4.78, 5) is 4.69. The molecule has 0 bridgehead atoms. The van der Waals surface area contributed by atoms with Gasteiger partial charge in [0.1, 0.15) is 5.52 Å². The van der Waals surface area contributed by atoms with Gasteiger partial charge in [0, 0.05) is 27.9 Å². The number of oxazole rings is 1. The highest BCUT2D eigenvalue weighted by Crippen LogP contribution is 2.41. The summed E-state index contributed by atoms with van der Waals surface area (Å²) in [6.07, 6.45) is 6.73. The Morgan fingerprint density at radius 3 is 1.96 bits per heavy atom. The minimum Gasteiger partial charge on any atom is -0.436 e. The van der Waals surface area contributed by atoms with Crippen LogP contribution in [0.1, 0.15) is 17.7 Å². The fraction of sp³-hybridized carbons (Fsp3) is 0.0465. The molecule has 0 atom stereocenters. The molecule has 1 aliphatic rings. The molecule has 3 nitrogen and oxygen atoms in total. The Bertz CT molecular complexity index is 2380. The molecule has 2 heterocycles. The number of aromatic nitrogens is 2. The summed E-state index contributed by atoms with van der Waals surface area (Å²) in [5, 5.41) is 1.30. The van der Waals surface area contributed by atoms with Crippen molar-refractivity contribution < 1.29 is 4.42 Å². The molecule has 46 heavy (non-hydrogen) atoms. The Morgan fingerprint density at radius 2 is 1.20 bits per heavy atom. The van der Waals surface area contributed by atoms with E-state index in [-0.39, 0.29) is 0 Å². The lowest BCUT2D eigenvalue weighted by atomic mass is 9.88. The molecule has 0 unspecified atom stereocenters. The zero-order valence-electron chi connectivity index (χ0n) is 25.2. The molecule has 0 saturated carbocycles. The third-order valence-electron chi connectivity index (χ3n) is 9.15. The molecule has 1 aliphatic carbocycles. The lowest BCUT2D eigenvalue weighted by Gasteiger charge is -2.15. The Hall–Kier alpha value is -5.93. The fourth-order valence-corrected chi connectivity index (χ4v) is 6.99. The quantitative estimate of drug-likeness (QED) is 0.200. The van der Waals surface area contributed by atoms with Crippen LogP contribution < -0.4 is 0 Å². The van der Waals surface area contributed by atoms with Gasteiger partial charge in [-0.3, -0.25) is 0 Å². The highest BCUT2D eigenvalue weighted by molar-refractivity contribution is 5.99. The molecule has 2 aromatic heterocycles. The van der Waals surface area contributed by atoms with E-state index in [1.165, 1.54) is 55.7 Å². The van der Waals surface area contributed by atoms with E-state index in [4.69, 9.17) is 9.40 Å². The van der Waals surface area contributed by atoms with Gasteiger partial charge in [0.25, 0.3) is 0 Å². The summed E-state index contributed by atoms with van der Waals surface area (Å²) < 4.78 is 8.48. The van der Waals surface area contributed by atoms with Gasteiger partial charge in [-0.1, -0.05) is 109 Å². The predicted molar refractivity (Wildman–Crippen MR) is 190 cm³/mol. The van der Waals surface area contributed by atoms with Crippen LogP contribution in [0.5, 0.6) is 0 Å². The van der Waals surface area contributed by atoms with Crippen molar-refractivity contribution in [1.29, 1.82) is 0 Å². The van der Waals surface area contributed by atoms with Crippen LogP contribution in [0, 0.1) is 0 Å². The van der Waals surface area contributed by atoms with E-state index in [1.54, 1.807) is 0 Å². The number of nitrogens with zero attached hydrogens (tertiary/aromatic N) is 2. The Balaban J connectivity index is 1.14. The SMILES string of the molecule is C1=Cc2c(n(-c3ccccc3)c3ccc(-c4ccccc4-c4ccccc4-c4ccc(-c5nc6ccccc6o5)cc4)cc23)CC1. The third kappa shape index (κ3) is 4.40. The Labute approximate surface area is 267 Å². The van der Waals surface area contributed by atoms with Crippen LogP contribution in [-0.2, 0) is 6.42 Å². The lowest BCUT2D eigenvalue weighted by Crippen LogP contribution is -2.02. The lowest BCUT2D eigenvalue weighted by molar-refractivity contribution is 0.620. The third-order valence-corrected chi connectivity index (χ3v) is 9.15. The van der Waals surface area contributed by atoms with E-state index >= 15 is 0 Å². The number of benzene rings is 6. The maximum atomic E-state index is 6.03. The first kappa shape index (κ1) is 26.5. The van der Waals surface area contributed by atoms with Crippen molar-refractivity contribution in [2.75, 3.05) is 0 Å². The van der Waals surface area contributed by atoms with Crippen molar-refractivity contribution in [3.05, 3.63) is 163 Å². The summed E-state index contributed by atoms with van der Waals surface area (Å²) in [6.45, 7) is 0. The molecule has 0 radical (unpaired) electrons. The number of hydrogen-bond acceptors (Lipinski definition) is 2. The molecule has 8 aromatic rings. The second kappa shape index (κ2) is 10.9. The second-order valence-corrected chi connectivity index (χ2v) is 11.9. The summed E-state index contributed by atoms with van der Waals surface area (Å²) in [5.41, 5.74) is 15.0. The summed E-state index contributed by atoms with van der Waals surface area (Å²) >= 11 is 0. The second-order valence-electron chi connectivity index (χ2n) is 11.9. The minimum atomic E-state index is 0.639. The van der Waals surface area contributed by atoms with Crippen LogP contribution in [0.3, 0.4) is 0 Å². The van der Waals surface area contributed by atoms with Crippen molar-refractivity contribution in [2.24, 2.45) is 0 Å². The van der Waals surface area contributed by atoms with Crippen LogP contribution in [0.15, 0.2) is 156 Å². The molecule has 0 amide bonds. The molecule has 3 heteroatoms. The zero-order chi connectivity index (χ0) is 30.5. The maximum absolute atomic E-state index is 6.03. The van der Waals surface area contributed by atoms with E-state index in [0.717, 1.165) is 35.1 Å². The number of para-hydroxylation sites is 3. The Morgan fingerprint density at radius 1 is 0.565 bits per heavy atom. The van der Waals surface area contributed by atoms with Crippen LogP contribution >= 0.6 is 0 Å². The molecular weight excluding hydrogens is 560 g/mol. The predicted octanol–water partition coefficient (Wildman–Crippen LogP) is 11.4. The highest BCUT2D eigenvalue weighted by atomic mass is 16.3. The van der Waals surface area contributed by atoms with Crippen LogP contribution in [0.2, 0.25) is 0 Å². The van der Waals surface area contributed by atoms with Crippen LogP contribution in [0.4, 0.5) is 0 Å². The smallest absolute Gasteiger partial charge is 0.227 e. The number of fused-ring (bicyclic) bond motifs is 4. The molecule has 6 aromatic carbocycles. The molecule has 9 rings (SSSR count). The van der Waals surface area contributed by atoms with Crippen molar-refractivity contribution in [3.8, 4) is 50.5 Å². The average Bonchev–Trinajstić information content (AvgIpc) is 3.71. The highest BCUT2D eigenvalue weighted by Gasteiger charge is 2.20. The van der Waals surface area contributed by atoms with E-state index < -0.39 is 0 Å². The molecule has 0 aliphatic heterocycles. The van der Waals surface area contributed by atoms with Gasteiger partial charge in [-0.2, -0.15) is 0 Å². The Kier molecular flexibility index (Phi) is 6.27. The van der Waals surface area contributed by atoms with Crippen LogP contribution in [0.25, 0.3) is 78.6 Å². The van der Waals surface area contributed by atoms with E-state index in [9.17, 15) is 0 Å². The van der Waals surface area contributed by atoms with Gasteiger partial charge in [-0.15, -0.1) is 0 Å². The van der Waals surface area contributed by atoms with Gasteiger partial charge in [0.15, 0.2) is 5.58 Å². The molecule has 0 N–H and O–H groups in total. The van der Waals surface area contributed by atoms with Crippen molar-refractivity contribution in [2.45, 2.75) is 12.8 Å². The molecule has 218 valence electrons. The summed E-state index contributed by atoms with van der Waals surface area (Å²) in [7, 11) is 0. The number of allylic oxidation sites excluding steroid dienone is 1. The minimum absolute atomic E-state index is 0.639. The van der Waals surface area contributed by atoms with E-state index in [0.29, 0.717) is 5.89 Å².